The molecule has 0 aliphatic rings. The summed E-state index contributed by atoms with van der Waals surface area (Å²) < 4.78 is 6.65. The minimum atomic E-state index is -0.265. The molecule has 0 atom stereocenters. The van der Waals surface area contributed by atoms with E-state index in [0.29, 0.717) is 22.2 Å². The maximum absolute atomic E-state index is 12.1. The third-order valence-electron chi connectivity index (χ3n) is 2.64. The van der Waals surface area contributed by atoms with Gasteiger partial charge < -0.3 is 10.1 Å². The number of anilines is 1. The van der Waals surface area contributed by atoms with Gasteiger partial charge in [-0.2, -0.15) is 5.10 Å². The first-order valence-electron chi connectivity index (χ1n) is 5.66. The van der Waals surface area contributed by atoms with Crippen LogP contribution in [0.4, 0.5) is 5.69 Å². The summed E-state index contributed by atoms with van der Waals surface area (Å²) in [6.45, 7) is 1.84. The zero-order valence-corrected chi connectivity index (χ0v) is 11.7. The number of carbonyl (C=O) groups excluding carboxylic acids is 1. The predicted molar refractivity (Wildman–Crippen MR) is 73.9 cm³/mol. The van der Waals surface area contributed by atoms with E-state index < -0.39 is 0 Å². The molecule has 0 bridgehead atoms. The third kappa shape index (κ3) is 2.88. The van der Waals surface area contributed by atoms with E-state index in [1.165, 1.54) is 7.11 Å². The maximum atomic E-state index is 12.1. The van der Waals surface area contributed by atoms with Gasteiger partial charge in [0.05, 0.1) is 12.1 Å². The quantitative estimate of drug-likeness (QED) is 0.940. The Balaban J connectivity index is 2.19. The number of methoxy groups -OCH3 is 1. The van der Waals surface area contributed by atoms with Gasteiger partial charge in [-0.15, -0.1) is 0 Å². The lowest BCUT2D eigenvalue weighted by atomic mass is 10.2. The lowest BCUT2D eigenvalue weighted by Gasteiger charge is -2.07. The van der Waals surface area contributed by atoms with Gasteiger partial charge in [0, 0.05) is 24.5 Å². The van der Waals surface area contributed by atoms with E-state index >= 15 is 0 Å². The number of carbonyl (C=O) groups is 1. The van der Waals surface area contributed by atoms with Crippen molar-refractivity contribution in [1.82, 2.24) is 9.78 Å². The third-order valence-corrected chi connectivity index (χ3v) is 2.93. The molecule has 1 N–H and O–H groups in total. The van der Waals surface area contributed by atoms with E-state index in [2.05, 4.69) is 10.4 Å². The van der Waals surface area contributed by atoms with E-state index in [-0.39, 0.29) is 5.91 Å². The minimum Gasteiger partial charge on any atom is -0.495 e. The molecular weight excluding hydrogens is 266 g/mol. The number of rotatable bonds is 3. The highest BCUT2D eigenvalue weighted by Crippen LogP contribution is 2.27. The lowest BCUT2D eigenvalue weighted by Crippen LogP contribution is -2.14. The highest BCUT2D eigenvalue weighted by molar-refractivity contribution is 6.32. The number of aromatic nitrogens is 2. The van der Waals surface area contributed by atoms with Crippen molar-refractivity contribution < 1.29 is 9.53 Å². The molecule has 0 radical (unpaired) electrons. The molecule has 1 aromatic heterocycles. The Labute approximate surface area is 116 Å². The molecule has 0 saturated heterocycles. The fourth-order valence-corrected chi connectivity index (χ4v) is 2.02. The molecule has 1 amide bonds. The molecule has 6 heteroatoms. The van der Waals surface area contributed by atoms with Crippen LogP contribution in [0.3, 0.4) is 0 Å². The van der Waals surface area contributed by atoms with Gasteiger partial charge in [-0.25, -0.2) is 0 Å². The first-order chi connectivity index (χ1) is 9.01. The summed E-state index contributed by atoms with van der Waals surface area (Å²) in [5.74, 6) is 0.299. The van der Waals surface area contributed by atoms with Crippen molar-refractivity contribution in [3.8, 4) is 5.75 Å². The van der Waals surface area contributed by atoms with Crippen molar-refractivity contribution in [2.24, 2.45) is 7.05 Å². The molecule has 100 valence electrons. The molecule has 5 nitrogen and oxygen atoms in total. The van der Waals surface area contributed by atoms with Crippen LogP contribution in [-0.2, 0) is 7.05 Å². The second kappa shape index (κ2) is 5.32. The van der Waals surface area contributed by atoms with Crippen LogP contribution in [0.1, 0.15) is 16.1 Å². The number of benzene rings is 1. The number of hydrogen-bond acceptors (Lipinski definition) is 3. The van der Waals surface area contributed by atoms with Gasteiger partial charge in [0.25, 0.3) is 5.91 Å². The van der Waals surface area contributed by atoms with E-state index in [1.54, 1.807) is 36.1 Å². The predicted octanol–water partition coefficient (Wildman–Crippen LogP) is 2.64. The standard InChI is InChI=1S/C13H14ClN3O2/c1-8-7-17(2)16-12(8)13(18)15-9-4-5-11(19-3)10(14)6-9/h4-7H,1-3H3,(H,15,18). The Morgan fingerprint density at radius 1 is 1.47 bits per heavy atom. The fourth-order valence-electron chi connectivity index (χ4n) is 1.77. The number of halogens is 1. The van der Waals surface area contributed by atoms with E-state index in [0.717, 1.165) is 5.56 Å². The van der Waals surface area contributed by atoms with Gasteiger partial charge in [0.15, 0.2) is 5.69 Å². The maximum Gasteiger partial charge on any atom is 0.276 e. The summed E-state index contributed by atoms with van der Waals surface area (Å²) in [5, 5.41) is 7.30. The van der Waals surface area contributed by atoms with Gasteiger partial charge in [-0.1, -0.05) is 11.6 Å². The molecule has 0 fully saturated rings. The first kappa shape index (κ1) is 13.4. The molecule has 2 rings (SSSR count). The second-order valence-corrected chi connectivity index (χ2v) is 4.55. The second-order valence-electron chi connectivity index (χ2n) is 4.14. The smallest absolute Gasteiger partial charge is 0.276 e. The SMILES string of the molecule is COc1ccc(NC(=O)c2nn(C)cc2C)cc1Cl. The van der Waals surface area contributed by atoms with Crippen molar-refractivity contribution in [3.63, 3.8) is 0 Å². The van der Waals surface area contributed by atoms with Crippen LogP contribution in [0.15, 0.2) is 24.4 Å². The van der Waals surface area contributed by atoms with Crippen LogP contribution in [0.5, 0.6) is 5.75 Å². The molecule has 0 aliphatic carbocycles. The molecule has 2 aromatic rings. The Morgan fingerprint density at radius 3 is 2.74 bits per heavy atom. The van der Waals surface area contributed by atoms with E-state index in [1.807, 2.05) is 6.92 Å². The van der Waals surface area contributed by atoms with Gasteiger partial charge in [-0.3, -0.25) is 9.48 Å². The topological polar surface area (TPSA) is 56.1 Å². The van der Waals surface area contributed by atoms with E-state index in [9.17, 15) is 4.79 Å². The molecule has 0 saturated carbocycles. The van der Waals surface area contributed by atoms with Crippen LogP contribution in [0.25, 0.3) is 0 Å². The highest BCUT2D eigenvalue weighted by Gasteiger charge is 2.13. The summed E-state index contributed by atoms with van der Waals surface area (Å²) in [7, 11) is 3.31. The van der Waals surface area contributed by atoms with Crippen LogP contribution in [0, 0.1) is 6.92 Å². The largest absolute Gasteiger partial charge is 0.495 e. The number of amides is 1. The van der Waals surface area contributed by atoms with Gasteiger partial charge in [0.2, 0.25) is 0 Å². The average Bonchev–Trinajstić information content (AvgIpc) is 2.69. The number of nitrogens with one attached hydrogen (secondary N) is 1. The summed E-state index contributed by atoms with van der Waals surface area (Å²) in [5.41, 5.74) is 1.81. The van der Waals surface area contributed by atoms with Gasteiger partial charge in [-0.05, 0) is 25.1 Å². The summed E-state index contributed by atoms with van der Waals surface area (Å²) >= 11 is 6.00. The Hall–Kier alpha value is -2.01. The van der Waals surface area contributed by atoms with Crippen LogP contribution in [0.2, 0.25) is 5.02 Å². The van der Waals surface area contributed by atoms with Crippen molar-refractivity contribution in [2.75, 3.05) is 12.4 Å². The summed E-state index contributed by atoms with van der Waals surface area (Å²) in [4.78, 5) is 12.1. The molecular formula is C13H14ClN3O2. The molecule has 0 aliphatic heterocycles. The first-order valence-corrected chi connectivity index (χ1v) is 6.04. The van der Waals surface area contributed by atoms with Gasteiger partial charge >= 0.3 is 0 Å². The molecule has 1 aromatic carbocycles. The normalized spacial score (nSPS) is 10.3. The fraction of sp³-hybridized carbons (Fsp3) is 0.231. The van der Waals surface area contributed by atoms with Crippen molar-refractivity contribution in [1.29, 1.82) is 0 Å². The summed E-state index contributed by atoms with van der Waals surface area (Å²) in [6, 6.07) is 5.06. The zero-order valence-electron chi connectivity index (χ0n) is 10.9. The van der Waals surface area contributed by atoms with Crippen LogP contribution < -0.4 is 10.1 Å². The van der Waals surface area contributed by atoms with Gasteiger partial charge in [0.1, 0.15) is 5.75 Å². The Kier molecular flexibility index (Phi) is 3.76. The Bertz CT molecular complexity index is 622. The number of ether oxygens (including phenoxy) is 1. The minimum absolute atomic E-state index is 0.265. The number of aryl methyl sites for hydroxylation is 2. The molecule has 0 spiro atoms. The Morgan fingerprint density at radius 2 is 2.21 bits per heavy atom. The molecule has 19 heavy (non-hydrogen) atoms. The van der Waals surface area contributed by atoms with Crippen LogP contribution >= 0.6 is 11.6 Å². The zero-order chi connectivity index (χ0) is 14.0. The van der Waals surface area contributed by atoms with E-state index in [4.69, 9.17) is 16.3 Å². The van der Waals surface area contributed by atoms with Crippen molar-refractivity contribution >= 4 is 23.2 Å². The van der Waals surface area contributed by atoms with Crippen LogP contribution in [-0.4, -0.2) is 22.8 Å². The lowest BCUT2D eigenvalue weighted by molar-refractivity contribution is 0.102. The molecule has 0 unspecified atom stereocenters. The summed E-state index contributed by atoms with van der Waals surface area (Å²) in [6.07, 6.45) is 1.79. The average molecular weight is 280 g/mol. The number of nitrogens with zero attached hydrogens (tertiary/aromatic N) is 2. The highest BCUT2D eigenvalue weighted by atomic mass is 35.5. The number of hydrogen-bond donors (Lipinski definition) is 1. The van der Waals surface area contributed by atoms with Crippen molar-refractivity contribution in [2.45, 2.75) is 6.92 Å². The molecule has 1 heterocycles. The monoisotopic (exact) mass is 279 g/mol. The van der Waals surface area contributed by atoms with Crippen molar-refractivity contribution in [3.05, 3.63) is 40.7 Å².